The highest BCUT2D eigenvalue weighted by molar-refractivity contribution is 6.06. The van der Waals surface area contributed by atoms with Gasteiger partial charge in [-0.25, -0.2) is 14.8 Å². The highest BCUT2D eigenvalue weighted by Crippen LogP contribution is 2.38. The zero-order valence-electron chi connectivity index (χ0n) is 32.6. The number of H-pyrrole nitrogens is 2. The van der Waals surface area contributed by atoms with Gasteiger partial charge in [0, 0.05) is 36.3 Å². The maximum atomic E-state index is 13.7. The van der Waals surface area contributed by atoms with Crippen molar-refractivity contribution < 1.29 is 28.3 Å². The van der Waals surface area contributed by atoms with Crippen molar-refractivity contribution in [2.24, 2.45) is 11.8 Å². The number of nitrogens with zero attached hydrogens (tertiary/aromatic N) is 4. The monoisotopic (exact) mass is 760 g/mol. The molecule has 4 atom stereocenters. The Hall–Kier alpha value is -5.92. The predicted molar refractivity (Wildman–Crippen MR) is 212 cm³/mol. The van der Waals surface area contributed by atoms with Crippen LogP contribution < -0.4 is 10.6 Å². The normalized spacial score (nSPS) is 18.5. The third kappa shape index (κ3) is 6.60. The number of carbonyl (C=O) groups is 4. The first-order valence-corrected chi connectivity index (χ1v) is 19.5. The number of fused-ring (bicyclic) bond motifs is 6. The Balaban J connectivity index is 1.07. The third-order valence-electron chi connectivity index (χ3n) is 11.3. The summed E-state index contributed by atoms with van der Waals surface area (Å²) in [6, 6.07) is 14.5. The molecule has 3 aromatic heterocycles. The van der Waals surface area contributed by atoms with E-state index in [1.807, 2.05) is 73.9 Å². The van der Waals surface area contributed by atoms with Crippen LogP contribution in [0.4, 0.5) is 4.79 Å². The molecule has 0 radical (unpaired) electrons. The smallest absolute Gasteiger partial charge is 0.407 e. The van der Waals surface area contributed by atoms with E-state index in [2.05, 4.69) is 32.7 Å². The molecule has 14 heteroatoms. The van der Waals surface area contributed by atoms with E-state index in [0.29, 0.717) is 30.3 Å². The van der Waals surface area contributed by atoms with Crippen LogP contribution in [0.1, 0.15) is 84.0 Å². The standard InChI is InChI=1S/C42H48N8O6/c1-21(2)33(43-23(5)51)40(52)49-17-8-10-31(49)39-45-29-16-13-26-20-32(56-37(26)36(29)47-39)25-11-14-27-24(19-25)12-15-28-35(27)46-38(44-28)30-9-7-18-50(30)41(53)34(22(3)4)48-42(54)55-6/h11-16,19-22,30-31,33-34H,7-10,17-18H2,1-6H3,(H,43,51)(H,44,46)(H,45,47)(H,48,54)/t30-,31-,33-,34-/m0/s1. The number of rotatable bonds is 9. The number of aromatic amines is 2. The molecule has 14 nitrogen and oxygen atoms in total. The van der Waals surface area contributed by atoms with E-state index in [1.165, 1.54) is 14.0 Å². The molecule has 6 aromatic rings. The largest absolute Gasteiger partial charge is 0.454 e. The Bertz CT molecular complexity index is 2500. The van der Waals surface area contributed by atoms with Crippen LogP contribution in [0, 0.1) is 11.8 Å². The van der Waals surface area contributed by atoms with Gasteiger partial charge >= 0.3 is 6.09 Å². The van der Waals surface area contributed by atoms with E-state index >= 15 is 0 Å². The molecule has 4 N–H and O–H groups in total. The minimum absolute atomic E-state index is 0.0513. The summed E-state index contributed by atoms with van der Waals surface area (Å²) < 4.78 is 11.3. The van der Waals surface area contributed by atoms with Crippen LogP contribution in [-0.4, -0.2) is 85.8 Å². The van der Waals surface area contributed by atoms with Crippen LogP contribution in [0.5, 0.6) is 0 Å². The second kappa shape index (κ2) is 14.6. The number of methoxy groups -OCH3 is 1. The van der Waals surface area contributed by atoms with E-state index < -0.39 is 18.2 Å². The van der Waals surface area contributed by atoms with Crippen molar-refractivity contribution in [1.82, 2.24) is 40.4 Å². The lowest BCUT2D eigenvalue weighted by molar-refractivity contribution is -0.138. The van der Waals surface area contributed by atoms with Crippen molar-refractivity contribution in [3.8, 4) is 11.3 Å². The van der Waals surface area contributed by atoms with Gasteiger partial charge in [-0.05, 0) is 73.2 Å². The van der Waals surface area contributed by atoms with Gasteiger partial charge in [0.1, 0.15) is 35.0 Å². The van der Waals surface area contributed by atoms with E-state index in [1.54, 1.807) is 0 Å². The Morgan fingerprint density at radius 3 is 1.93 bits per heavy atom. The molecule has 2 fully saturated rings. The molecule has 4 amide bonds. The number of imidazole rings is 2. The number of furan rings is 1. The van der Waals surface area contributed by atoms with Gasteiger partial charge in [-0.15, -0.1) is 0 Å². The molecule has 0 saturated carbocycles. The maximum Gasteiger partial charge on any atom is 0.407 e. The van der Waals surface area contributed by atoms with Crippen LogP contribution in [0.3, 0.4) is 0 Å². The Morgan fingerprint density at radius 1 is 0.768 bits per heavy atom. The number of likely N-dealkylation sites (tertiary alicyclic amines) is 2. The summed E-state index contributed by atoms with van der Waals surface area (Å²) >= 11 is 0. The fraction of sp³-hybridized carbons (Fsp3) is 0.429. The number of hydrogen-bond acceptors (Lipinski definition) is 8. The molecule has 0 spiro atoms. The average molecular weight is 761 g/mol. The third-order valence-corrected chi connectivity index (χ3v) is 11.3. The number of ether oxygens (including phenoxy) is 1. The number of hydrogen-bond donors (Lipinski definition) is 4. The zero-order valence-corrected chi connectivity index (χ0v) is 32.6. The van der Waals surface area contributed by atoms with Gasteiger partial charge in [0.2, 0.25) is 17.7 Å². The Kier molecular flexibility index (Phi) is 9.67. The fourth-order valence-corrected chi connectivity index (χ4v) is 8.45. The molecule has 2 aliphatic heterocycles. The first-order chi connectivity index (χ1) is 26.9. The van der Waals surface area contributed by atoms with Crippen molar-refractivity contribution >= 4 is 67.6 Å². The molecule has 56 heavy (non-hydrogen) atoms. The summed E-state index contributed by atoms with van der Waals surface area (Å²) in [5, 5.41) is 8.48. The van der Waals surface area contributed by atoms with Crippen LogP contribution in [-0.2, 0) is 19.1 Å². The molecule has 2 saturated heterocycles. The van der Waals surface area contributed by atoms with Gasteiger partial charge < -0.3 is 39.6 Å². The highest BCUT2D eigenvalue weighted by atomic mass is 16.5. The number of nitrogens with one attached hydrogen (secondary N) is 4. The molecule has 8 rings (SSSR count). The molecule has 2 aliphatic rings. The van der Waals surface area contributed by atoms with Crippen molar-refractivity contribution in [1.29, 1.82) is 0 Å². The second-order valence-electron chi connectivity index (χ2n) is 15.8. The van der Waals surface area contributed by atoms with E-state index in [-0.39, 0.29) is 41.6 Å². The van der Waals surface area contributed by atoms with Crippen LogP contribution in [0.15, 0.2) is 52.9 Å². The summed E-state index contributed by atoms with van der Waals surface area (Å²) in [4.78, 5) is 71.9. The van der Waals surface area contributed by atoms with E-state index in [9.17, 15) is 19.2 Å². The van der Waals surface area contributed by atoms with Crippen molar-refractivity contribution in [3.05, 3.63) is 60.2 Å². The minimum atomic E-state index is -0.704. The van der Waals surface area contributed by atoms with Gasteiger partial charge in [-0.1, -0.05) is 45.9 Å². The number of carbonyl (C=O) groups excluding carboxylic acids is 4. The Morgan fingerprint density at radius 2 is 1.34 bits per heavy atom. The predicted octanol–water partition coefficient (Wildman–Crippen LogP) is 6.87. The van der Waals surface area contributed by atoms with E-state index in [4.69, 9.17) is 19.1 Å². The molecule has 0 unspecified atom stereocenters. The number of aromatic nitrogens is 4. The van der Waals surface area contributed by atoms with Gasteiger partial charge in [0.15, 0.2) is 5.58 Å². The SMILES string of the molecule is COC(=O)N[C@H](C(=O)N1CCC[C@H]1c1nc2ccc3cc(-c4cc5ccc6nc([C@@H]7CCCN7C(=O)[C@@H](NC(C)=O)C(C)C)[nH]c6c5o4)ccc3c2[nH]1)C(C)C. The number of benzene rings is 3. The first-order valence-electron chi connectivity index (χ1n) is 19.5. The summed E-state index contributed by atoms with van der Waals surface area (Å²) in [6.07, 6.45) is 2.59. The fourth-order valence-electron chi connectivity index (χ4n) is 8.45. The van der Waals surface area contributed by atoms with Gasteiger partial charge in [-0.3, -0.25) is 14.4 Å². The molecular formula is C42H48N8O6. The van der Waals surface area contributed by atoms with Crippen molar-refractivity contribution in [2.75, 3.05) is 20.2 Å². The topological polar surface area (TPSA) is 179 Å². The van der Waals surface area contributed by atoms with Crippen molar-refractivity contribution in [3.63, 3.8) is 0 Å². The van der Waals surface area contributed by atoms with Gasteiger partial charge in [0.05, 0.1) is 35.7 Å². The highest BCUT2D eigenvalue weighted by Gasteiger charge is 2.39. The van der Waals surface area contributed by atoms with Crippen LogP contribution in [0.2, 0.25) is 0 Å². The molecule has 0 aliphatic carbocycles. The lowest BCUT2D eigenvalue weighted by atomic mass is 10.0. The quantitative estimate of drug-likeness (QED) is 0.123. The number of amides is 4. The molecular weight excluding hydrogens is 713 g/mol. The summed E-state index contributed by atoms with van der Waals surface area (Å²) in [7, 11) is 1.29. The zero-order chi connectivity index (χ0) is 39.4. The molecule has 5 heterocycles. The van der Waals surface area contributed by atoms with Gasteiger partial charge in [-0.2, -0.15) is 0 Å². The minimum Gasteiger partial charge on any atom is -0.454 e. The molecule has 292 valence electrons. The summed E-state index contributed by atoms with van der Waals surface area (Å²) in [6.45, 7) is 10.3. The lowest BCUT2D eigenvalue weighted by Crippen LogP contribution is -2.51. The maximum absolute atomic E-state index is 13.7. The van der Waals surface area contributed by atoms with Crippen molar-refractivity contribution in [2.45, 2.75) is 84.5 Å². The first kappa shape index (κ1) is 37.0. The lowest BCUT2D eigenvalue weighted by Gasteiger charge is -2.30. The van der Waals surface area contributed by atoms with Crippen LogP contribution in [0.25, 0.3) is 55.1 Å². The van der Waals surface area contributed by atoms with Gasteiger partial charge in [0.25, 0.3) is 0 Å². The Labute approximate surface area is 323 Å². The average Bonchev–Trinajstić information content (AvgIpc) is 4.02. The van der Waals surface area contributed by atoms with E-state index in [0.717, 1.165) is 75.3 Å². The van der Waals surface area contributed by atoms with Crippen LogP contribution >= 0.6 is 0 Å². The number of alkyl carbamates (subject to hydrolysis) is 1. The molecule has 3 aromatic carbocycles. The summed E-state index contributed by atoms with van der Waals surface area (Å²) in [5.41, 5.74) is 4.84. The molecule has 0 bridgehead atoms. The second-order valence-corrected chi connectivity index (χ2v) is 15.8. The summed E-state index contributed by atoms with van der Waals surface area (Å²) in [5.74, 6) is 1.51.